The largest absolute Gasteiger partial charge is 0.472 e. The molecule has 0 saturated carbocycles. The average Bonchev–Trinajstić information content (AvgIpc) is 2.98. The lowest BCUT2D eigenvalue weighted by atomic mass is 10.1. The predicted octanol–water partition coefficient (Wildman–Crippen LogP) is 3.06. The van der Waals surface area contributed by atoms with Gasteiger partial charge in [-0.1, -0.05) is 17.7 Å². The molecule has 0 aromatic heterocycles. The summed E-state index contributed by atoms with van der Waals surface area (Å²) in [5.74, 6) is 1.89. The van der Waals surface area contributed by atoms with E-state index in [-0.39, 0.29) is 19.4 Å². The second-order valence-corrected chi connectivity index (χ2v) is 5.54. The molecule has 4 rings (SSSR count). The maximum atomic E-state index is 12.5. The third-order valence-electron chi connectivity index (χ3n) is 3.65. The van der Waals surface area contributed by atoms with Crippen molar-refractivity contribution in [1.82, 2.24) is 4.90 Å². The second-order valence-electron chi connectivity index (χ2n) is 5.10. The molecule has 0 bridgehead atoms. The van der Waals surface area contributed by atoms with Crippen LogP contribution in [-0.2, 0) is 6.54 Å². The lowest BCUT2D eigenvalue weighted by molar-refractivity contribution is 0.0498. The first-order chi connectivity index (χ1) is 10.7. The molecular formula is C16H12ClNO4. The van der Waals surface area contributed by atoms with E-state index in [9.17, 15) is 4.79 Å². The molecule has 0 N–H and O–H groups in total. The summed E-state index contributed by atoms with van der Waals surface area (Å²) in [7, 11) is 0. The minimum absolute atomic E-state index is 0.0959. The maximum absolute atomic E-state index is 12.5. The van der Waals surface area contributed by atoms with Crippen molar-refractivity contribution in [3.05, 3.63) is 52.5 Å². The Morgan fingerprint density at radius 2 is 1.82 bits per heavy atom. The van der Waals surface area contributed by atoms with Crippen molar-refractivity contribution in [2.75, 3.05) is 13.5 Å². The van der Waals surface area contributed by atoms with Gasteiger partial charge >= 0.3 is 0 Å². The van der Waals surface area contributed by atoms with Crippen LogP contribution in [0.4, 0.5) is 0 Å². The van der Waals surface area contributed by atoms with Crippen LogP contribution in [0.3, 0.4) is 0 Å². The Labute approximate surface area is 132 Å². The minimum Gasteiger partial charge on any atom is -0.472 e. The Morgan fingerprint density at radius 1 is 1.00 bits per heavy atom. The van der Waals surface area contributed by atoms with Crippen LogP contribution in [-0.4, -0.2) is 24.3 Å². The topological polar surface area (TPSA) is 48.0 Å². The number of halogens is 1. The van der Waals surface area contributed by atoms with Crippen LogP contribution >= 0.6 is 11.6 Å². The molecule has 5 nitrogen and oxygen atoms in total. The summed E-state index contributed by atoms with van der Waals surface area (Å²) in [4.78, 5) is 14.2. The Morgan fingerprint density at radius 3 is 2.73 bits per heavy atom. The highest BCUT2D eigenvalue weighted by Crippen LogP contribution is 2.34. The number of fused-ring (bicyclic) bond motifs is 2. The molecule has 0 fully saturated rings. The first-order valence-electron chi connectivity index (χ1n) is 6.81. The molecule has 0 radical (unpaired) electrons. The molecule has 22 heavy (non-hydrogen) atoms. The quantitative estimate of drug-likeness (QED) is 0.854. The van der Waals surface area contributed by atoms with Crippen molar-refractivity contribution in [2.24, 2.45) is 0 Å². The van der Waals surface area contributed by atoms with E-state index in [0.717, 1.165) is 11.3 Å². The molecule has 0 atom stereocenters. The number of benzene rings is 2. The number of hydrogen-bond donors (Lipinski definition) is 0. The van der Waals surface area contributed by atoms with Crippen LogP contribution in [0.2, 0.25) is 5.02 Å². The standard InChI is InChI=1S/C16H12ClNO4/c17-11-2-4-13-12(6-11)16(19)18(8-20-13)7-10-1-3-14-15(5-10)22-9-21-14/h1-6H,7-9H2. The highest BCUT2D eigenvalue weighted by atomic mass is 35.5. The van der Waals surface area contributed by atoms with Gasteiger partial charge in [0.1, 0.15) is 5.75 Å². The number of ether oxygens (including phenoxy) is 3. The summed E-state index contributed by atoms with van der Waals surface area (Å²) in [6.07, 6.45) is 0. The minimum atomic E-state index is -0.0959. The van der Waals surface area contributed by atoms with Crippen molar-refractivity contribution < 1.29 is 19.0 Å². The molecule has 112 valence electrons. The van der Waals surface area contributed by atoms with Gasteiger partial charge < -0.3 is 19.1 Å². The average molecular weight is 318 g/mol. The Bertz CT molecular complexity index is 762. The van der Waals surface area contributed by atoms with E-state index in [1.165, 1.54) is 0 Å². The Hall–Kier alpha value is -2.40. The monoisotopic (exact) mass is 317 g/mol. The summed E-state index contributed by atoms with van der Waals surface area (Å²) in [5.41, 5.74) is 1.44. The van der Waals surface area contributed by atoms with Gasteiger partial charge in [0.25, 0.3) is 5.91 Å². The molecule has 0 aliphatic carbocycles. The molecule has 2 aromatic carbocycles. The first kappa shape index (κ1) is 13.3. The molecule has 0 unspecified atom stereocenters. The molecule has 2 aliphatic rings. The van der Waals surface area contributed by atoms with Gasteiger partial charge in [0.05, 0.1) is 5.56 Å². The van der Waals surface area contributed by atoms with E-state index < -0.39 is 0 Å². The molecule has 2 heterocycles. The highest BCUT2D eigenvalue weighted by molar-refractivity contribution is 6.31. The highest BCUT2D eigenvalue weighted by Gasteiger charge is 2.26. The zero-order valence-electron chi connectivity index (χ0n) is 11.5. The van der Waals surface area contributed by atoms with Gasteiger partial charge in [-0.3, -0.25) is 4.79 Å². The van der Waals surface area contributed by atoms with Gasteiger partial charge in [0.15, 0.2) is 18.2 Å². The molecular weight excluding hydrogens is 306 g/mol. The molecule has 0 saturated heterocycles. The third-order valence-corrected chi connectivity index (χ3v) is 3.88. The normalized spacial score (nSPS) is 15.5. The van der Waals surface area contributed by atoms with Crippen LogP contribution in [0.15, 0.2) is 36.4 Å². The van der Waals surface area contributed by atoms with Crippen molar-refractivity contribution in [1.29, 1.82) is 0 Å². The van der Waals surface area contributed by atoms with Gasteiger partial charge in [-0.15, -0.1) is 0 Å². The van der Waals surface area contributed by atoms with E-state index in [1.54, 1.807) is 23.1 Å². The third kappa shape index (κ3) is 2.23. The zero-order valence-corrected chi connectivity index (χ0v) is 12.3. The van der Waals surface area contributed by atoms with Gasteiger partial charge in [-0.25, -0.2) is 0 Å². The lowest BCUT2D eigenvalue weighted by Crippen LogP contribution is -2.38. The summed E-state index contributed by atoms with van der Waals surface area (Å²) in [5, 5.41) is 0.514. The van der Waals surface area contributed by atoms with Gasteiger partial charge in [0, 0.05) is 11.6 Å². The Balaban J connectivity index is 1.58. The lowest BCUT2D eigenvalue weighted by Gasteiger charge is -2.28. The molecule has 1 amide bonds. The van der Waals surface area contributed by atoms with Gasteiger partial charge in [-0.2, -0.15) is 0 Å². The maximum Gasteiger partial charge on any atom is 0.260 e. The van der Waals surface area contributed by atoms with E-state index in [1.807, 2.05) is 18.2 Å². The van der Waals surface area contributed by atoms with Gasteiger partial charge in [0.2, 0.25) is 6.79 Å². The molecule has 2 aromatic rings. The smallest absolute Gasteiger partial charge is 0.260 e. The SMILES string of the molecule is O=C1c2cc(Cl)ccc2OCN1Cc1ccc2c(c1)OCO2. The molecule has 2 aliphatic heterocycles. The Kier molecular flexibility index (Phi) is 3.08. The van der Waals surface area contributed by atoms with Crippen molar-refractivity contribution >= 4 is 17.5 Å². The van der Waals surface area contributed by atoms with Crippen molar-refractivity contribution in [2.45, 2.75) is 6.54 Å². The summed E-state index contributed by atoms with van der Waals surface area (Å²) >= 11 is 5.96. The number of hydrogen-bond acceptors (Lipinski definition) is 4. The van der Waals surface area contributed by atoms with E-state index in [2.05, 4.69) is 0 Å². The number of carbonyl (C=O) groups excluding carboxylic acids is 1. The van der Waals surface area contributed by atoms with E-state index in [4.69, 9.17) is 25.8 Å². The summed E-state index contributed by atoms with van der Waals surface area (Å²) < 4.78 is 16.3. The predicted molar refractivity (Wildman–Crippen MR) is 79.4 cm³/mol. The van der Waals surface area contributed by atoms with Gasteiger partial charge in [-0.05, 0) is 35.9 Å². The van der Waals surface area contributed by atoms with Crippen LogP contribution in [0, 0.1) is 0 Å². The summed E-state index contributed by atoms with van der Waals surface area (Å²) in [6.45, 7) is 0.875. The van der Waals surface area contributed by atoms with Crippen LogP contribution in [0.1, 0.15) is 15.9 Å². The summed E-state index contributed by atoms with van der Waals surface area (Å²) in [6, 6.07) is 10.7. The van der Waals surface area contributed by atoms with E-state index in [0.29, 0.717) is 28.6 Å². The number of carbonyl (C=O) groups is 1. The van der Waals surface area contributed by atoms with Crippen LogP contribution in [0.25, 0.3) is 0 Å². The molecule has 0 spiro atoms. The fraction of sp³-hybridized carbons (Fsp3) is 0.188. The number of amides is 1. The number of rotatable bonds is 2. The van der Waals surface area contributed by atoms with Crippen molar-refractivity contribution in [3.63, 3.8) is 0 Å². The zero-order chi connectivity index (χ0) is 15.1. The van der Waals surface area contributed by atoms with Crippen LogP contribution in [0.5, 0.6) is 17.2 Å². The second kappa shape index (κ2) is 5.10. The van der Waals surface area contributed by atoms with Crippen LogP contribution < -0.4 is 14.2 Å². The fourth-order valence-corrected chi connectivity index (χ4v) is 2.72. The van der Waals surface area contributed by atoms with E-state index >= 15 is 0 Å². The first-order valence-corrected chi connectivity index (χ1v) is 7.19. The van der Waals surface area contributed by atoms with Crippen molar-refractivity contribution in [3.8, 4) is 17.2 Å². The number of nitrogens with zero attached hydrogens (tertiary/aromatic N) is 1. The molecule has 6 heteroatoms. The fourth-order valence-electron chi connectivity index (χ4n) is 2.55.